The third-order valence-electron chi connectivity index (χ3n) is 2.06. The molecule has 96 valence electrons. The molecule has 0 aliphatic carbocycles. The van der Waals surface area contributed by atoms with E-state index in [-0.39, 0.29) is 6.42 Å². The molecule has 0 amide bonds. The molecule has 0 aromatic rings. The largest absolute Gasteiger partial charge is 0.393 e. The summed E-state index contributed by atoms with van der Waals surface area (Å²) in [5.41, 5.74) is 0. The molecule has 0 rings (SSSR count). The summed E-state index contributed by atoms with van der Waals surface area (Å²) in [4.78, 5) is 20.4. The second-order valence-electron chi connectivity index (χ2n) is 4.00. The summed E-state index contributed by atoms with van der Waals surface area (Å²) < 4.78 is 0. The maximum Gasteiger partial charge on any atom is 0.132 e. The summed E-state index contributed by atoms with van der Waals surface area (Å²) in [6, 6.07) is 0. The lowest BCUT2D eigenvalue weighted by atomic mass is 10.1. The first-order chi connectivity index (χ1) is 7.58. The number of aliphatic hydroxyl groups is 1. The van der Waals surface area contributed by atoms with Crippen LogP contribution in [-0.2, 0) is 9.59 Å². The van der Waals surface area contributed by atoms with Gasteiger partial charge in [-0.3, -0.25) is 4.79 Å². The Morgan fingerprint density at radius 1 is 1.19 bits per heavy atom. The zero-order chi connectivity index (χ0) is 12.8. The number of rotatable bonds is 8. The van der Waals surface area contributed by atoms with Crippen LogP contribution in [0.5, 0.6) is 0 Å². The molecule has 0 saturated carbocycles. The molecular formula is C13H26O3. The van der Waals surface area contributed by atoms with Gasteiger partial charge >= 0.3 is 0 Å². The number of hydrogen-bond donors (Lipinski definition) is 1. The SMILES string of the molecule is CC(O)CC=O.CCCCC(=O)CCCC. The number of aliphatic hydroxyl groups excluding tert-OH is 1. The molecule has 0 aromatic heterocycles. The van der Waals surface area contributed by atoms with Crippen molar-refractivity contribution in [2.45, 2.75) is 71.8 Å². The fourth-order valence-electron chi connectivity index (χ4n) is 1.01. The van der Waals surface area contributed by atoms with Crippen LogP contribution in [-0.4, -0.2) is 23.3 Å². The summed E-state index contributed by atoms with van der Waals surface area (Å²) >= 11 is 0. The normalized spacial score (nSPS) is 11.2. The van der Waals surface area contributed by atoms with Crippen LogP contribution in [0.4, 0.5) is 0 Å². The van der Waals surface area contributed by atoms with Gasteiger partial charge in [-0.15, -0.1) is 0 Å². The van der Waals surface area contributed by atoms with Gasteiger partial charge in [-0.1, -0.05) is 26.7 Å². The number of ketones is 1. The summed E-state index contributed by atoms with van der Waals surface area (Å²) in [5.74, 6) is 0.448. The van der Waals surface area contributed by atoms with Crippen molar-refractivity contribution in [2.24, 2.45) is 0 Å². The minimum absolute atomic E-state index is 0.250. The van der Waals surface area contributed by atoms with E-state index in [9.17, 15) is 9.59 Å². The van der Waals surface area contributed by atoms with Crippen molar-refractivity contribution >= 4 is 12.1 Å². The number of hydrogen-bond acceptors (Lipinski definition) is 3. The molecule has 1 N–H and O–H groups in total. The highest BCUT2D eigenvalue weighted by atomic mass is 16.3. The molecule has 0 spiro atoms. The predicted octanol–water partition coefficient (Wildman–Crippen LogP) is 2.89. The van der Waals surface area contributed by atoms with Crippen molar-refractivity contribution in [1.82, 2.24) is 0 Å². The predicted molar refractivity (Wildman–Crippen MR) is 66.4 cm³/mol. The first kappa shape index (κ1) is 17.7. The Morgan fingerprint density at radius 2 is 1.62 bits per heavy atom. The van der Waals surface area contributed by atoms with E-state index in [2.05, 4.69) is 13.8 Å². The summed E-state index contributed by atoms with van der Waals surface area (Å²) in [5, 5.41) is 8.32. The lowest BCUT2D eigenvalue weighted by molar-refractivity contribution is -0.119. The number of aldehydes is 1. The van der Waals surface area contributed by atoms with E-state index in [4.69, 9.17) is 5.11 Å². The Kier molecular flexibility index (Phi) is 15.8. The third kappa shape index (κ3) is 19.0. The van der Waals surface area contributed by atoms with Crippen molar-refractivity contribution in [3.63, 3.8) is 0 Å². The summed E-state index contributed by atoms with van der Waals surface area (Å²) in [6.07, 6.45) is 6.50. The van der Waals surface area contributed by atoms with Crippen LogP contribution in [0, 0.1) is 0 Å². The van der Waals surface area contributed by atoms with Gasteiger partial charge in [0, 0.05) is 19.3 Å². The molecule has 0 saturated heterocycles. The molecule has 0 aliphatic heterocycles. The molecule has 1 atom stereocenters. The van der Waals surface area contributed by atoms with Crippen LogP contribution in [0.3, 0.4) is 0 Å². The van der Waals surface area contributed by atoms with Crippen molar-refractivity contribution < 1.29 is 14.7 Å². The van der Waals surface area contributed by atoms with Crippen molar-refractivity contribution in [2.75, 3.05) is 0 Å². The van der Waals surface area contributed by atoms with Gasteiger partial charge in [0.1, 0.15) is 12.1 Å². The fourth-order valence-corrected chi connectivity index (χ4v) is 1.01. The molecule has 0 radical (unpaired) electrons. The second-order valence-corrected chi connectivity index (χ2v) is 4.00. The topological polar surface area (TPSA) is 54.4 Å². The maximum atomic E-state index is 11.0. The quantitative estimate of drug-likeness (QED) is 0.652. The second kappa shape index (κ2) is 14.3. The molecule has 0 bridgehead atoms. The number of Topliss-reactive ketones (excluding diaryl/α,β-unsaturated/α-hetero) is 1. The van der Waals surface area contributed by atoms with Gasteiger partial charge in [0.2, 0.25) is 0 Å². The smallest absolute Gasteiger partial charge is 0.132 e. The van der Waals surface area contributed by atoms with Crippen LogP contribution in [0.15, 0.2) is 0 Å². The van der Waals surface area contributed by atoms with E-state index in [1.54, 1.807) is 6.92 Å². The van der Waals surface area contributed by atoms with E-state index in [1.807, 2.05) is 0 Å². The molecule has 0 aromatic carbocycles. The molecule has 0 aliphatic rings. The molecule has 3 nitrogen and oxygen atoms in total. The van der Waals surface area contributed by atoms with E-state index >= 15 is 0 Å². The molecular weight excluding hydrogens is 204 g/mol. The zero-order valence-electron chi connectivity index (χ0n) is 10.9. The van der Waals surface area contributed by atoms with Gasteiger partial charge in [-0.05, 0) is 19.8 Å². The van der Waals surface area contributed by atoms with Crippen LogP contribution >= 0.6 is 0 Å². The lowest BCUT2D eigenvalue weighted by Gasteiger charge is -1.96. The molecule has 0 fully saturated rings. The van der Waals surface area contributed by atoms with Crippen molar-refractivity contribution in [3.05, 3.63) is 0 Å². The fraction of sp³-hybridized carbons (Fsp3) is 0.846. The van der Waals surface area contributed by atoms with Crippen molar-refractivity contribution in [3.8, 4) is 0 Å². The molecule has 16 heavy (non-hydrogen) atoms. The minimum atomic E-state index is -0.470. The number of carbonyl (C=O) groups excluding carboxylic acids is 2. The van der Waals surface area contributed by atoms with E-state index in [0.717, 1.165) is 38.5 Å². The van der Waals surface area contributed by atoms with E-state index < -0.39 is 6.10 Å². The molecule has 0 heterocycles. The maximum absolute atomic E-state index is 11.0. The van der Waals surface area contributed by atoms with Crippen LogP contribution in [0.2, 0.25) is 0 Å². The average Bonchev–Trinajstić information content (AvgIpc) is 2.24. The summed E-state index contributed by atoms with van der Waals surface area (Å²) in [6.45, 7) is 5.81. The Balaban J connectivity index is 0. The third-order valence-corrected chi connectivity index (χ3v) is 2.06. The van der Waals surface area contributed by atoms with Gasteiger partial charge < -0.3 is 9.90 Å². The monoisotopic (exact) mass is 230 g/mol. The highest BCUT2D eigenvalue weighted by Crippen LogP contribution is 2.02. The first-order valence-electron chi connectivity index (χ1n) is 6.21. The molecule has 1 unspecified atom stereocenters. The zero-order valence-corrected chi connectivity index (χ0v) is 10.9. The first-order valence-corrected chi connectivity index (χ1v) is 6.21. The van der Waals surface area contributed by atoms with Gasteiger partial charge in [0.05, 0.1) is 6.10 Å². The number of unbranched alkanes of at least 4 members (excludes halogenated alkanes) is 2. The van der Waals surface area contributed by atoms with Crippen LogP contribution < -0.4 is 0 Å². The van der Waals surface area contributed by atoms with Gasteiger partial charge in [0.25, 0.3) is 0 Å². The van der Waals surface area contributed by atoms with Crippen molar-refractivity contribution in [1.29, 1.82) is 0 Å². The van der Waals surface area contributed by atoms with Gasteiger partial charge in [-0.25, -0.2) is 0 Å². The van der Waals surface area contributed by atoms with Crippen LogP contribution in [0.25, 0.3) is 0 Å². The Bertz CT molecular complexity index is 155. The highest BCUT2D eigenvalue weighted by molar-refractivity contribution is 5.78. The minimum Gasteiger partial charge on any atom is -0.393 e. The Hall–Kier alpha value is -0.700. The highest BCUT2D eigenvalue weighted by Gasteiger charge is 1.98. The average molecular weight is 230 g/mol. The van der Waals surface area contributed by atoms with Gasteiger partial charge in [0.15, 0.2) is 0 Å². The lowest BCUT2D eigenvalue weighted by Crippen LogP contribution is -1.97. The summed E-state index contributed by atoms with van der Waals surface area (Å²) in [7, 11) is 0. The standard InChI is InChI=1S/C9H18O.C4H8O2/c1-3-5-7-9(10)8-6-4-2;1-4(6)2-3-5/h3-8H2,1-2H3;3-4,6H,2H2,1H3. The number of carbonyl (C=O) groups is 2. The van der Waals surface area contributed by atoms with E-state index in [1.165, 1.54) is 0 Å². The molecule has 3 heteroatoms. The Labute approximate surface area is 99.2 Å². The Morgan fingerprint density at radius 3 is 1.81 bits per heavy atom. The van der Waals surface area contributed by atoms with Gasteiger partial charge in [-0.2, -0.15) is 0 Å². The van der Waals surface area contributed by atoms with E-state index in [0.29, 0.717) is 12.1 Å². The van der Waals surface area contributed by atoms with Crippen LogP contribution in [0.1, 0.15) is 65.7 Å².